The molecule has 0 aliphatic carbocycles. The molecule has 0 radical (unpaired) electrons. The zero-order valence-corrected chi connectivity index (χ0v) is 15.9. The van der Waals surface area contributed by atoms with Gasteiger partial charge in [0.05, 0.1) is 38.4 Å². The molecule has 138 valence electrons. The van der Waals surface area contributed by atoms with Crippen LogP contribution in [-0.4, -0.2) is 32.2 Å². The van der Waals surface area contributed by atoms with Crippen molar-refractivity contribution in [2.24, 2.45) is 0 Å². The van der Waals surface area contributed by atoms with Gasteiger partial charge in [0.15, 0.2) is 0 Å². The molecule has 2 aromatic heterocycles. The average Bonchev–Trinajstić information content (AvgIpc) is 3.02. The van der Waals surface area contributed by atoms with E-state index in [9.17, 15) is 14.0 Å². The molecule has 6 nitrogen and oxygen atoms in total. The third kappa shape index (κ3) is 3.50. The monoisotopic (exact) mass is 423 g/mol. The number of benzene rings is 1. The Morgan fingerprint density at radius 2 is 2.22 bits per heavy atom. The molecule has 27 heavy (non-hydrogen) atoms. The van der Waals surface area contributed by atoms with Crippen LogP contribution in [-0.2, 0) is 16.1 Å². The fraction of sp³-hybridized carbons (Fsp3) is 0.176. The number of halogens is 2. The maximum absolute atomic E-state index is 13.9. The Morgan fingerprint density at radius 3 is 2.96 bits per heavy atom. The summed E-state index contributed by atoms with van der Waals surface area (Å²) in [5.41, 5.74) is 0.514. The molecule has 0 spiro atoms. The van der Waals surface area contributed by atoms with Crippen LogP contribution in [0.2, 0.25) is 5.02 Å². The van der Waals surface area contributed by atoms with Crippen LogP contribution < -0.4 is 4.90 Å². The summed E-state index contributed by atoms with van der Waals surface area (Å²) >= 11 is 8.29. The number of anilines is 1. The van der Waals surface area contributed by atoms with Crippen LogP contribution in [0.5, 0.6) is 0 Å². The minimum Gasteiger partial charge on any atom is -0.481 e. The average molecular weight is 424 g/mol. The number of carbonyl (C=O) groups is 2. The SMILES string of the molecule is O=C(O)CC1Sc2cc(Cl)cnc2N(Cc2nc3cccc(F)c3s2)C1=O. The van der Waals surface area contributed by atoms with Crippen molar-refractivity contribution < 1.29 is 19.1 Å². The molecule has 3 heterocycles. The van der Waals surface area contributed by atoms with Crippen molar-refractivity contribution in [3.63, 3.8) is 0 Å². The second-order valence-corrected chi connectivity index (χ2v) is 8.56. The molecule has 1 aromatic carbocycles. The molecule has 1 N–H and O–H groups in total. The highest BCUT2D eigenvalue weighted by Crippen LogP contribution is 2.41. The first kappa shape index (κ1) is 18.1. The number of pyridine rings is 1. The molecule has 4 rings (SSSR count). The van der Waals surface area contributed by atoms with E-state index in [1.165, 1.54) is 17.2 Å². The van der Waals surface area contributed by atoms with Gasteiger partial charge in [0.1, 0.15) is 16.6 Å². The predicted octanol–water partition coefficient (Wildman–Crippen LogP) is 3.97. The predicted molar refractivity (Wildman–Crippen MR) is 102 cm³/mol. The normalized spacial score (nSPS) is 16.6. The van der Waals surface area contributed by atoms with Gasteiger partial charge in [-0.05, 0) is 18.2 Å². The Bertz CT molecular complexity index is 1070. The molecule has 0 saturated carbocycles. The number of thiazole rings is 1. The van der Waals surface area contributed by atoms with Crippen molar-refractivity contribution in [1.29, 1.82) is 0 Å². The molecule has 10 heteroatoms. The minimum atomic E-state index is -1.07. The Kier molecular flexibility index (Phi) is 4.75. The summed E-state index contributed by atoms with van der Waals surface area (Å²) in [5.74, 6) is -1.41. The molecule has 1 amide bonds. The Balaban J connectivity index is 1.73. The fourth-order valence-corrected chi connectivity index (χ4v) is 5.19. The molecule has 1 aliphatic rings. The zero-order chi connectivity index (χ0) is 19.1. The number of aromatic nitrogens is 2. The van der Waals surface area contributed by atoms with Gasteiger partial charge >= 0.3 is 5.97 Å². The molecular weight excluding hydrogens is 413 g/mol. The number of thioether (sulfide) groups is 1. The number of nitrogens with zero attached hydrogens (tertiary/aromatic N) is 3. The molecular formula is C17H11ClFN3O3S2. The molecule has 0 saturated heterocycles. The maximum atomic E-state index is 13.9. The Labute approximate surface area is 166 Å². The largest absolute Gasteiger partial charge is 0.481 e. The first-order chi connectivity index (χ1) is 12.9. The highest BCUT2D eigenvalue weighted by molar-refractivity contribution is 8.01. The van der Waals surface area contributed by atoms with E-state index in [1.54, 1.807) is 18.2 Å². The van der Waals surface area contributed by atoms with Crippen LogP contribution in [0.4, 0.5) is 10.2 Å². The van der Waals surface area contributed by atoms with Crippen molar-refractivity contribution in [2.45, 2.75) is 23.1 Å². The van der Waals surface area contributed by atoms with Crippen molar-refractivity contribution in [1.82, 2.24) is 9.97 Å². The van der Waals surface area contributed by atoms with Gasteiger partial charge in [-0.15, -0.1) is 23.1 Å². The third-order valence-electron chi connectivity index (χ3n) is 3.93. The van der Waals surface area contributed by atoms with Gasteiger partial charge < -0.3 is 5.11 Å². The first-order valence-corrected chi connectivity index (χ1v) is 9.89. The number of carbonyl (C=O) groups excluding carboxylic acids is 1. The number of hydrogen-bond donors (Lipinski definition) is 1. The van der Waals surface area contributed by atoms with E-state index in [1.807, 2.05) is 0 Å². The van der Waals surface area contributed by atoms with Crippen LogP contribution in [0.1, 0.15) is 11.4 Å². The van der Waals surface area contributed by atoms with Crippen molar-refractivity contribution in [3.05, 3.63) is 46.3 Å². The number of carboxylic acid groups (broad SMARTS) is 1. The lowest BCUT2D eigenvalue weighted by atomic mass is 10.2. The van der Waals surface area contributed by atoms with Gasteiger partial charge in [0.25, 0.3) is 0 Å². The number of rotatable bonds is 4. The smallest absolute Gasteiger partial charge is 0.305 e. The van der Waals surface area contributed by atoms with E-state index >= 15 is 0 Å². The quantitative estimate of drug-likeness (QED) is 0.683. The highest BCUT2D eigenvalue weighted by Gasteiger charge is 2.36. The molecule has 1 unspecified atom stereocenters. The fourth-order valence-electron chi connectivity index (χ4n) is 2.79. The number of aliphatic carboxylic acids is 1. The Morgan fingerprint density at radius 1 is 1.41 bits per heavy atom. The van der Waals surface area contributed by atoms with E-state index in [0.717, 1.165) is 23.1 Å². The first-order valence-electron chi connectivity index (χ1n) is 7.81. The van der Waals surface area contributed by atoms with Crippen LogP contribution >= 0.6 is 34.7 Å². The van der Waals surface area contributed by atoms with Gasteiger partial charge in [0, 0.05) is 6.20 Å². The second-order valence-electron chi connectivity index (χ2n) is 5.80. The van der Waals surface area contributed by atoms with Gasteiger partial charge in [-0.25, -0.2) is 14.4 Å². The van der Waals surface area contributed by atoms with Crippen molar-refractivity contribution in [2.75, 3.05) is 4.90 Å². The molecule has 0 bridgehead atoms. The summed E-state index contributed by atoms with van der Waals surface area (Å²) in [5, 5.41) is 9.25. The van der Waals surface area contributed by atoms with Crippen molar-refractivity contribution in [3.8, 4) is 0 Å². The minimum absolute atomic E-state index is 0.0793. The van der Waals surface area contributed by atoms with Crippen LogP contribution in [0.25, 0.3) is 10.2 Å². The van der Waals surface area contributed by atoms with Crippen LogP contribution in [0.15, 0.2) is 35.4 Å². The van der Waals surface area contributed by atoms with E-state index in [0.29, 0.717) is 31.0 Å². The lowest BCUT2D eigenvalue weighted by Gasteiger charge is -2.31. The van der Waals surface area contributed by atoms with E-state index in [4.69, 9.17) is 16.7 Å². The third-order valence-corrected chi connectivity index (χ3v) is 6.41. The summed E-state index contributed by atoms with van der Waals surface area (Å²) in [6.45, 7) is 0.0793. The van der Waals surface area contributed by atoms with E-state index in [2.05, 4.69) is 9.97 Å². The van der Waals surface area contributed by atoms with Crippen LogP contribution in [0.3, 0.4) is 0 Å². The lowest BCUT2D eigenvalue weighted by molar-refractivity contribution is -0.138. The Hall–Kier alpha value is -2.23. The number of amides is 1. The van der Waals surface area contributed by atoms with Gasteiger partial charge in [0.2, 0.25) is 5.91 Å². The molecule has 1 atom stereocenters. The van der Waals surface area contributed by atoms with E-state index < -0.39 is 11.2 Å². The standard InChI is InChI=1S/C17H11ClFN3O3S2/c18-8-4-11-16(20-6-8)22(17(25)12(26-11)5-14(23)24)7-13-21-10-3-1-2-9(19)15(10)27-13/h1-4,6,12H,5,7H2,(H,23,24). The summed E-state index contributed by atoms with van der Waals surface area (Å²) in [6, 6.07) is 6.28. The molecule has 3 aromatic rings. The van der Waals surface area contributed by atoms with Crippen LogP contribution in [0, 0.1) is 5.82 Å². The second kappa shape index (κ2) is 7.06. The summed E-state index contributed by atoms with van der Waals surface area (Å²) in [6.07, 6.45) is 1.11. The summed E-state index contributed by atoms with van der Waals surface area (Å²) in [7, 11) is 0. The number of hydrogen-bond acceptors (Lipinski definition) is 6. The summed E-state index contributed by atoms with van der Waals surface area (Å²) in [4.78, 5) is 34.6. The highest BCUT2D eigenvalue weighted by atomic mass is 35.5. The topological polar surface area (TPSA) is 83.4 Å². The number of fused-ring (bicyclic) bond motifs is 2. The lowest BCUT2D eigenvalue weighted by Crippen LogP contribution is -2.42. The van der Waals surface area contributed by atoms with Gasteiger partial charge in [-0.3, -0.25) is 14.5 Å². The number of carboxylic acids is 1. The van der Waals surface area contributed by atoms with Crippen molar-refractivity contribution >= 4 is 62.6 Å². The van der Waals surface area contributed by atoms with Gasteiger partial charge in [-0.2, -0.15) is 0 Å². The maximum Gasteiger partial charge on any atom is 0.305 e. The van der Waals surface area contributed by atoms with E-state index in [-0.39, 0.29) is 24.7 Å². The zero-order valence-electron chi connectivity index (χ0n) is 13.6. The molecule has 1 aliphatic heterocycles. The summed E-state index contributed by atoms with van der Waals surface area (Å²) < 4.78 is 14.4. The molecule has 0 fully saturated rings. The van der Waals surface area contributed by atoms with Gasteiger partial charge in [-0.1, -0.05) is 17.7 Å².